The Morgan fingerprint density at radius 2 is 2.04 bits per heavy atom. The van der Waals surface area contributed by atoms with Crippen LogP contribution in [0.15, 0.2) is 30.3 Å². The summed E-state index contributed by atoms with van der Waals surface area (Å²) in [6.45, 7) is 1.99. The van der Waals surface area contributed by atoms with Gasteiger partial charge in [-0.15, -0.1) is 0 Å². The summed E-state index contributed by atoms with van der Waals surface area (Å²) in [6.07, 6.45) is 1.99. The molecule has 2 amide bonds. The van der Waals surface area contributed by atoms with E-state index in [0.717, 1.165) is 6.42 Å². The maximum Gasteiger partial charge on any atom is 0.226 e. The number of carbonyl (C=O) groups excluding carboxylic acids is 2. The molecule has 2 aliphatic rings. The Bertz CT molecular complexity index is 662. The molecule has 0 radical (unpaired) electrons. The Hall–Kier alpha value is -2.39. The number of ether oxygens (including phenoxy) is 1. The van der Waals surface area contributed by atoms with Crippen LogP contribution in [-0.2, 0) is 20.7 Å². The largest absolute Gasteiger partial charge is 0.381 e. The average Bonchev–Trinajstić information content (AvgIpc) is 3.02. The second kappa shape index (κ2) is 7.66. The number of carbonyl (C=O) groups is 2. The van der Waals surface area contributed by atoms with Crippen molar-refractivity contribution in [3.8, 4) is 6.07 Å². The fourth-order valence-corrected chi connectivity index (χ4v) is 3.40. The monoisotopic (exact) mass is 341 g/mol. The second-order valence-electron chi connectivity index (χ2n) is 6.77. The van der Waals surface area contributed by atoms with E-state index >= 15 is 0 Å². The van der Waals surface area contributed by atoms with Gasteiger partial charge in [0.1, 0.15) is 5.54 Å². The lowest BCUT2D eigenvalue weighted by atomic mass is 9.90. The number of benzene rings is 1. The zero-order chi connectivity index (χ0) is 17.7. The van der Waals surface area contributed by atoms with Crippen molar-refractivity contribution >= 4 is 11.8 Å². The molecule has 1 atom stereocenters. The Balaban J connectivity index is 1.54. The predicted molar refractivity (Wildman–Crippen MR) is 91.4 cm³/mol. The molecular weight excluding hydrogens is 318 g/mol. The van der Waals surface area contributed by atoms with Crippen LogP contribution in [0.1, 0.15) is 24.8 Å². The van der Waals surface area contributed by atoms with Gasteiger partial charge in [0.25, 0.3) is 0 Å². The van der Waals surface area contributed by atoms with Crippen molar-refractivity contribution in [2.45, 2.75) is 31.2 Å². The first-order valence-electron chi connectivity index (χ1n) is 8.75. The molecule has 0 unspecified atom stereocenters. The first-order valence-corrected chi connectivity index (χ1v) is 8.75. The SMILES string of the molecule is N#CC1(NC(=O)[C@H]2CC(=O)N(CCc3ccccc3)C2)CCOCC1. The molecule has 0 aromatic heterocycles. The Kier molecular flexibility index (Phi) is 5.34. The third-order valence-corrected chi connectivity index (χ3v) is 5.02. The second-order valence-corrected chi connectivity index (χ2v) is 6.77. The zero-order valence-electron chi connectivity index (χ0n) is 14.2. The Morgan fingerprint density at radius 3 is 2.72 bits per heavy atom. The third kappa shape index (κ3) is 4.18. The number of rotatable bonds is 5. The summed E-state index contributed by atoms with van der Waals surface area (Å²) in [7, 11) is 0. The van der Waals surface area contributed by atoms with Gasteiger partial charge in [-0.25, -0.2) is 0 Å². The van der Waals surface area contributed by atoms with Gasteiger partial charge in [0.2, 0.25) is 11.8 Å². The molecule has 0 aliphatic carbocycles. The maximum atomic E-state index is 12.6. The molecule has 6 heteroatoms. The first kappa shape index (κ1) is 17.4. The van der Waals surface area contributed by atoms with Gasteiger partial charge in [0.05, 0.1) is 12.0 Å². The quantitative estimate of drug-likeness (QED) is 0.874. The van der Waals surface area contributed by atoms with Crippen molar-refractivity contribution in [3.63, 3.8) is 0 Å². The maximum absolute atomic E-state index is 12.6. The van der Waals surface area contributed by atoms with Gasteiger partial charge in [-0.2, -0.15) is 5.26 Å². The van der Waals surface area contributed by atoms with Crippen molar-refractivity contribution in [2.24, 2.45) is 5.92 Å². The van der Waals surface area contributed by atoms with Crippen molar-refractivity contribution in [3.05, 3.63) is 35.9 Å². The van der Waals surface area contributed by atoms with E-state index in [1.165, 1.54) is 5.56 Å². The molecule has 2 aliphatic heterocycles. The van der Waals surface area contributed by atoms with Gasteiger partial charge in [0, 0.05) is 45.6 Å². The van der Waals surface area contributed by atoms with Gasteiger partial charge in [-0.1, -0.05) is 30.3 Å². The number of nitrogens with one attached hydrogen (secondary N) is 1. The summed E-state index contributed by atoms with van der Waals surface area (Å²) in [5, 5.41) is 12.3. The molecule has 1 aromatic rings. The summed E-state index contributed by atoms with van der Waals surface area (Å²) in [5.74, 6) is -0.565. The minimum absolute atomic E-state index is 0.00839. The fraction of sp³-hybridized carbons (Fsp3) is 0.526. The highest BCUT2D eigenvalue weighted by atomic mass is 16.5. The average molecular weight is 341 g/mol. The van der Waals surface area contributed by atoms with Crippen LogP contribution in [0.2, 0.25) is 0 Å². The van der Waals surface area contributed by atoms with Crippen LogP contribution in [0.5, 0.6) is 0 Å². The number of nitrogens with zero attached hydrogens (tertiary/aromatic N) is 2. The molecule has 0 saturated carbocycles. The topological polar surface area (TPSA) is 82.4 Å². The Labute approximate surface area is 147 Å². The molecule has 132 valence electrons. The molecule has 25 heavy (non-hydrogen) atoms. The van der Waals surface area contributed by atoms with Crippen LogP contribution in [0.4, 0.5) is 0 Å². The van der Waals surface area contributed by atoms with E-state index in [-0.39, 0.29) is 24.2 Å². The van der Waals surface area contributed by atoms with E-state index < -0.39 is 5.54 Å². The molecule has 6 nitrogen and oxygen atoms in total. The highest BCUT2D eigenvalue weighted by Gasteiger charge is 2.39. The Morgan fingerprint density at radius 1 is 1.32 bits per heavy atom. The van der Waals surface area contributed by atoms with Crippen molar-refractivity contribution in [2.75, 3.05) is 26.3 Å². The van der Waals surface area contributed by atoms with Gasteiger partial charge >= 0.3 is 0 Å². The lowest BCUT2D eigenvalue weighted by Gasteiger charge is -2.32. The first-order chi connectivity index (χ1) is 12.1. The molecule has 3 rings (SSSR count). The van der Waals surface area contributed by atoms with Gasteiger partial charge < -0.3 is 15.0 Å². The molecule has 2 saturated heterocycles. The highest BCUT2D eigenvalue weighted by molar-refractivity contribution is 5.89. The predicted octanol–water partition coefficient (Wildman–Crippen LogP) is 1.27. The van der Waals surface area contributed by atoms with E-state index in [9.17, 15) is 14.9 Å². The van der Waals surface area contributed by atoms with Crippen molar-refractivity contribution < 1.29 is 14.3 Å². The summed E-state index contributed by atoms with van der Waals surface area (Å²) in [5.41, 5.74) is 0.324. The number of hydrogen-bond acceptors (Lipinski definition) is 4. The summed E-state index contributed by atoms with van der Waals surface area (Å²) in [4.78, 5) is 26.5. The van der Waals surface area contributed by atoms with Gasteiger partial charge in [-0.3, -0.25) is 9.59 Å². The van der Waals surface area contributed by atoms with E-state index in [1.807, 2.05) is 30.3 Å². The standard InChI is InChI=1S/C19H23N3O3/c20-14-19(7-10-25-11-8-19)21-18(24)16-12-17(23)22(13-16)9-6-15-4-2-1-3-5-15/h1-5,16H,6-13H2,(H,21,24)/t16-/m0/s1. The van der Waals surface area contributed by atoms with Gasteiger partial charge in [-0.05, 0) is 12.0 Å². The van der Waals surface area contributed by atoms with Crippen LogP contribution < -0.4 is 5.32 Å². The number of likely N-dealkylation sites (tertiary alicyclic amines) is 1. The fourth-order valence-electron chi connectivity index (χ4n) is 3.40. The minimum Gasteiger partial charge on any atom is -0.381 e. The van der Waals surface area contributed by atoms with Crippen molar-refractivity contribution in [1.29, 1.82) is 5.26 Å². The molecular formula is C19H23N3O3. The lowest BCUT2D eigenvalue weighted by molar-refractivity contribution is -0.129. The number of nitriles is 1. The molecule has 1 aromatic carbocycles. The summed E-state index contributed by atoms with van der Waals surface area (Å²) < 4.78 is 5.28. The minimum atomic E-state index is -0.851. The van der Waals surface area contributed by atoms with Crippen LogP contribution in [0.25, 0.3) is 0 Å². The molecule has 2 heterocycles. The van der Waals surface area contributed by atoms with Crippen LogP contribution in [0, 0.1) is 17.2 Å². The smallest absolute Gasteiger partial charge is 0.226 e. The van der Waals surface area contributed by atoms with E-state index in [1.54, 1.807) is 4.90 Å². The zero-order valence-corrected chi connectivity index (χ0v) is 14.2. The van der Waals surface area contributed by atoms with E-state index in [0.29, 0.717) is 39.1 Å². The van der Waals surface area contributed by atoms with Crippen LogP contribution in [0.3, 0.4) is 0 Å². The number of amides is 2. The summed E-state index contributed by atoms with van der Waals surface area (Å²) >= 11 is 0. The normalized spacial score (nSPS) is 22.4. The van der Waals surface area contributed by atoms with Gasteiger partial charge in [0.15, 0.2) is 0 Å². The third-order valence-electron chi connectivity index (χ3n) is 5.02. The molecule has 1 N–H and O–H groups in total. The highest BCUT2D eigenvalue weighted by Crippen LogP contribution is 2.23. The lowest BCUT2D eigenvalue weighted by Crippen LogP contribution is -2.52. The number of hydrogen-bond donors (Lipinski definition) is 1. The summed E-state index contributed by atoms with van der Waals surface area (Å²) in [6, 6.07) is 12.2. The molecule has 0 bridgehead atoms. The molecule has 2 fully saturated rings. The van der Waals surface area contributed by atoms with Crippen molar-refractivity contribution in [1.82, 2.24) is 10.2 Å². The van der Waals surface area contributed by atoms with Crippen LogP contribution >= 0.6 is 0 Å². The van der Waals surface area contributed by atoms with E-state index in [4.69, 9.17) is 4.74 Å². The molecule has 0 spiro atoms. The van der Waals surface area contributed by atoms with Crippen LogP contribution in [-0.4, -0.2) is 48.6 Å². The van der Waals surface area contributed by atoms with E-state index in [2.05, 4.69) is 11.4 Å².